The lowest BCUT2D eigenvalue weighted by atomic mass is 10.1. The van der Waals surface area contributed by atoms with Gasteiger partial charge in [0.25, 0.3) is 5.91 Å². The van der Waals surface area contributed by atoms with E-state index in [0.29, 0.717) is 23.2 Å². The van der Waals surface area contributed by atoms with Crippen LogP contribution in [0.15, 0.2) is 24.3 Å². The summed E-state index contributed by atoms with van der Waals surface area (Å²) in [4.78, 5) is 11.9. The molecule has 0 aliphatic rings. The fourth-order valence-electron chi connectivity index (χ4n) is 1.33. The van der Waals surface area contributed by atoms with Crippen LogP contribution in [0.2, 0.25) is 5.02 Å². The van der Waals surface area contributed by atoms with Crippen molar-refractivity contribution in [2.45, 2.75) is 25.9 Å². The summed E-state index contributed by atoms with van der Waals surface area (Å²) in [6, 6.07) is 6.91. The summed E-state index contributed by atoms with van der Waals surface area (Å²) < 4.78 is 5.65. The molecule has 0 heterocycles. The van der Waals surface area contributed by atoms with Crippen molar-refractivity contribution < 1.29 is 9.53 Å². The molecule has 1 aromatic rings. The molecule has 1 amide bonds. The number of hydrogen-bond acceptors (Lipinski definition) is 2. The van der Waals surface area contributed by atoms with Crippen molar-refractivity contribution in [2.24, 2.45) is 0 Å². The number of carbonyl (C=O) groups excluding carboxylic acids is 1. The average molecular weight is 290 g/mol. The molecule has 18 heavy (non-hydrogen) atoms. The van der Waals surface area contributed by atoms with E-state index in [2.05, 4.69) is 5.32 Å². The summed E-state index contributed by atoms with van der Waals surface area (Å²) >= 11 is 11.3. The minimum Gasteiger partial charge on any atom is -0.478 e. The number of ether oxygens (including phenoxy) is 1. The maximum absolute atomic E-state index is 11.9. The van der Waals surface area contributed by atoms with Crippen LogP contribution in [0, 0.1) is 0 Å². The third kappa shape index (κ3) is 4.75. The zero-order valence-electron chi connectivity index (χ0n) is 10.5. The summed E-state index contributed by atoms with van der Waals surface area (Å²) in [5.74, 6) is 0.970. The molecule has 0 aliphatic heterocycles. The van der Waals surface area contributed by atoms with Gasteiger partial charge in [0, 0.05) is 17.4 Å². The van der Waals surface area contributed by atoms with Gasteiger partial charge in [-0.3, -0.25) is 4.79 Å². The predicted octanol–water partition coefficient (Wildman–Crippen LogP) is 3.24. The van der Waals surface area contributed by atoms with Crippen molar-refractivity contribution >= 4 is 29.1 Å². The topological polar surface area (TPSA) is 38.3 Å². The molecule has 5 heteroatoms. The lowest BCUT2D eigenvalue weighted by molar-refractivity contribution is -0.134. The van der Waals surface area contributed by atoms with Gasteiger partial charge >= 0.3 is 0 Å². The van der Waals surface area contributed by atoms with Crippen LogP contribution in [0.1, 0.15) is 20.3 Å². The largest absolute Gasteiger partial charge is 0.478 e. The first-order chi connectivity index (χ1) is 8.45. The lowest BCUT2D eigenvalue weighted by Gasteiger charge is -2.25. The van der Waals surface area contributed by atoms with Gasteiger partial charge in [-0.15, -0.1) is 11.6 Å². The Morgan fingerprint density at radius 3 is 2.50 bits per heavy atom. The third-order valence-corrected chi connectivity index (χ3v) is 2.85. The van der Waals surface area contributed by atoms with Crippen LogP contribution in [0.4, 0.5) is 0 Å². The fourth-order valence-corrected chi connectivity index (χ4v) is 1.58. The highest BCUT2D eigenvalue weighted by Gasteiger charge is 2.29. The Balaban J connectivity index is 2.57. The maximum Gasteiger partial charge on any atom is 0.263 e. The molecular formula is C13H17Cl2NO2. The van der Waals surface area contributed by atoms with Crippen LogP contribution < -0.4 is 10.1 Å². The second-order valence-corrected chi connectivity index (χ2v) is 5.18. The summed E-state index contributed by atoms with van der Waals surface area (Å²) in [5, 5.41) is 3.41. The molecule has 0 fully saturated rings. The Morgan fingerprint density at radius 2 is 1.94 bits per heavy atom. The fraction of sp³-hybridized carbons (Fsp3) is 0.462. The van der Waals surface area contributed by atoms with E-state index in [1.54, 1.807) is 38.1 Å². The quantitative estimate of drug-likeness (QED) is 0.645. The number of nitrogens with one attached hydrogen (secondary N) is 1. The van der Waals surface area contributed by atoms with Gasteiger partial charge in [-0.05, 0) is 44.5 Å². The zero-order valence-corrected chi connectivity index (χ0v) is 12.0. The number of rotatable bonds is 6. The van der Waals surface area contributed by atoms with E-state index < -0.39 is 5.60 Å². The van der Waals surface area contributed by atoms with E-state index in [1.807, 2.05) is 0 Å². The molecule has 0 aromatic heterocycles. The van der Waals surface area contributed by atoms with Crippen LogP contribution in [-0.2, 0) is 4.79 Å². The molecule has 3 nitrogen and oxygen atoms in total. The average Bonchev–Trinajstić information content (AvgIpc) is 2.32. The van der Waals surface area contributed by atoms with Crippen molar-refractivity contribution in [3.05, 3.63) is 29.3 Å². The zero-order chi connectivity index (χ0) is 13.6. The van der Waals surface area contributed by atoms with Crippen LogP contribution in [-0.4, -0.2) is 23.9 Å². The van der Waals surface area contributed by atoms with E-state index in [4.69, 9.17) is 27.9 Å². The molecule has 0 bridgehead atoms. The molecular weight excluding hydrogens is 273 g/mol. The van der Waals surface area contributed by atoms with Gasteiger partial charge in [0.2, 0.25) is 0 Å². The summed E-state index contributed by atoms with van der Waals surface area (Å²) in [7, 11) is 0. The maximum atomic E-state index is 11.9. The van der Waals surface area contributed by atoms with Crippen molar-refractivity contribution in [2.75, 3.05) is 12.4 Å². The highest BCUT2D eigenvalue weighted by atomic mass is 35.5. The number of carbonyl (C=O) groups is 1. The number of hydrogen-bond donors (Lipinski definition) is 1. The van der Waals surface area contributed by atoms with Gasteiger partial charge < -0.3 is 10.1 Å². The van der Waals surface area contributed by atoms with Crippen molar-refractivity contribution in [3.8, 4) is 5.75 Å². The Labute approximate surface area is 117 Å². The van der Waals surface area contributed by atoms with Gasteiger partial charge in [0.15, 0.2) is 5.60 Å². The van der Waals surface area contributed by atoms with Crippen molar-refractivity contribution in [1.82, 2.24) is 5.32 Å². The summed E-state index contributed by atoms with van der Waals surface area (Å²) in [6.45, 7) is 3.99. The summed E-state index contributed by atoms with van der Waals surface area (Å²) in [6.07, 6.45) is 0.740. The van der Waals surface area contributed by atoms with Gasteiger partial charge in [-0.25, -0.2) is 0 Å². The van der Waals surface area contributed by atoms with E-state index in [0.717, 1.165) is 6.42 Å². The van der Waals surface area contributed by atoms with Gasteiger partial charge in [-0.1, -0.05) is 11.6 Å². The van der Waals surface area contributed by atoms with E-state index in [9.17, 15) is 4.79 Å². The first kappa shape index (κ1) is 15.1. The summed E-state index contributed by atoms with van der Waals surface area (Å²) in [5.41, 5.74) is -0.930. The molecule has 0 atom stereocenters. The van der Waals surface area contributed by atoms with Crippen LogP contribution in [0.25, 0.3) is 0 Å². The number of halogens is 2. The molecule has 0 saturated carbocycles. The molecule has 100 valence electrons. The molecule has 0 unspecified atom stereocenters. The molecule has 1 rings (SSSR count). The molecule has 1 aromatic carbocycles. The van der Waals surface area contributed by atoms with E-state index in [-0.39, 0.29) is 5.91 Å². The molecule has 0 radical (unpaired) electrons. The Bertz CT molecular complexity index is 390. The van der Waals surface area contributed by atoms with E-state index in [1.165, 1.54) is 0 Å². The first-order valence-electron chi connectivity index (χ1n) is 5.74. The Morgan fingerprint density at radius 1 is 1.33 bits per heavy atom. The van der Waals surface area contributed by atoms with Crippen LogP contribution >= 0.6 is 23.2 Å². The van der Waals surface area contributed by atoms with Crippen molar-refractivity contribution in [3.63, 3.8) is 0 Å². The predicted molar refractivity (Wildman–Crippen MR) is 74.5 cm³/mol. The minimum atomic E-state index is -0.930. The van der Waals surface area contributed by atoms with Gasteiger partial charge in [0.05, 0.1) is 0 Å². The van der Waals surface area contributed by atoms with E-state index >= 15 is 0 Å². The van der Waals surface area contributed by atoms with Gasteiger partial charge in [0.1, 0.15) is 5.75 Å². The van der Waals surface area contributed by atoms with Gasteiger partial charge in [-0.2, -0.15) is 0 Å². The standard InChI is InChI=1S/C13H17Cl2NO2/c1-13(2,12(17)16-9-3-8-14)18-11-6-4-10(15)5-7-11/h4-7H,3,8-9H2,1-2H3,(H,16,17). The second kappa shape index (κ2) is 6.86. The molecule has 0 aliphatic carbocycles. The number of benzene rings is 1. The number of amides is 1. The SMILES string of the molecule is CC(C)(Oc1ccc(Cl)cc1)C(=O)NCCCCl. The Hall–Kier alpha value is -0.930. The second-order valence-electron chi connectivity index (χ2n) is 4.36. The number of alkyl halides is 1. The van der Waals surface area contributed by atoms with Crippen LogP contribution in [0.3, 0.4) is 0 Å². The minimum absolute atomic E-state index is 0.164. The monoisotopic (exact) mass is 289 g/mol. The molecule has 0 saturated heterocycles. The van der Waals surface area contributed by atoms with Crippen molar-refractivity contribution in [1.29, 1.82) is 0 Å². The highest BCUT2D eigenvalue weighted by molar-refractivity contribution is 6.30. The first-order valence-corrected chi connectivity index (χ1v) is 6.66. The van der Waals surface area contributed by atoms with Crippen LogP contribution in [0.5, 0.6) is 5.75 Å². The lowest BCUT2D eigenvalue weighted by Crippen LogP contribution is -2.46. The third-order valence-electron chi connectivity index (χ3n) is 2.33. The Kier molecular flexibility index (Phi) is 5.76. The normalized spacial score (nSPS) is 11.1. The highest BCUT2D eigenvalue weighted by Crippen LogP contribution is 2.20. The molecule has 1 N–H and O–H groups in total. The molecule has 0 spiro atoms. The smallest absolute Gasteiger partial charge is 0.263 e.